The summed E-state index contributed by atoms with van der Waals surface area (Å²) in [6.07, 6.45) is -9.76. The number of hydrogen-bond donors (Lipinski definition) is 0. The third-order valence-electron chi connectivity index (χ3n) is 5.08. The summed E-state index contributed by atoms with van der Waals surface area (Å²) in [4.78, 5) is 18.8. The van der Waals surface area contributed by atoms with E-state index in [2.05, 4.69) is 14.5 Å². The fourth-order valence-corrected chi connectivity index (χ4v) is 3.70. The normalized spacial score (nSPS) is 17.5. The first-order valence-corrected chi connectivity index (χ1v) is 10.3. The lowest BCUT2D eigenvalue weighted by Gasteiger charge is -2.25. The second-order valence-corrected chi connectivity index (χ2v) is 7.59. The Morgan fingerprint density at radius 2 is 1.36 bits per heavy atom. The topological polar surface area (TPSA) is 51.1 Å². The molecular weight excluding hydrogens is 497 g/mol. The van der Waals surface area contributed by atoms with Crippen LogP contribution in [0, 0.1) is 5.82 Å². The van der Waals surface area contributed by atoms with Crippen LogP contribution in [0.3, 0.4) is 0 Å². The maximum Gasteiger partial charge on any atom is 0.573 e. The number of rotatable bonds is 5. The molecule has 1 fully saturated rings. The zero-order chi connectivity index (χ0) is 26.1. The van der Waals surface area contributed by atoms with E-state index < -0.39 is 42.0 Å². The number of anilines is 1. The minimum atomic E-state index is -4.89. The van der Waals surface area contributed by atoms with Crippen molar-refractivity contribution in [2.75, 3.05) is 4.90 Å². The highest BCUT2D eigenvalue weighted by molar-refractivity contribution is 6.46. The molecule has 4 rings (SSSR count). The number of benzene rings is 3. The van der Waals surface area contributed by atoms with E-state index in [0.717, 1.165) is 24.3 Å². The van der Waals surface area contributed by atoms with Crippen molar-refractivity contribution < 1.29 is 45.0 Å². The molecule has 1 unspecified atom stereocenters. The second kappa shape index (κ2) is 9.51. The van der Waals surface area contributed by atoms with Crippen molar-refractivity contribution in [3.63, 3.8) is 0 Å². The van der Waals surface area contributed by atoms with Gasteiger partial charge in [-0.25, -0.2) is 9.38 Å². The van der Waals surface area contributed by atoms with Crippen molar-refractivity contribution in [2.24, 2.45) is 4.99 Å². The lowest BCUT2D eigenvalue weighted by Crippen LogP contribution is -2.29. The van der Waals surface area contributed by atoms with Crippen molar-refractivity contribution in [1.29, 1.82) is 0 Å². The number of carbonyl (C=O) groups excluding carboxylic acids is 1. The van der Waals surface area contributed by atoms with Crippen LogP contribution in [0.4, 0.5) is 42.1 Å². The molecule has 12 heteroatoms. The molecular formula is C24H15F7N2O3. The fourth-order valence-electron chi connectivity index (χ4n) is 3.70. The maximum absolute atomic E-state index is 13.9. The molecule has 1 saturated heterocycles. The Labute approximate surface area is 199 Å². The maximum atomic E-state index is 13.9. The molecule has 36 heavy (non-hydrogen) atoms. The highest BCUT2D eigenvalue weighted by Gasteiger charge is 2.39. The van der Waals surface area contributed by atoms with Crippen molar-refractivity contribution in [2.45, 2.75) is 25.2 Å². The predicted molar refractivity (Wildman–Crippen MR) is 115 cm³/mol. The van der Waals surface area contributed by atoms with Gasteiger partial charge in [0.1, 0.15) is 23.0 Å². The molecule has 0 spiro atoms. The van der Waals surface area contributed by atoms with Gasteiger partial charge < -0.3 is 9.47 Å². The summed E-state index contributed by atoms with van der Waals surface area (Å²) in [6.45, 7) is 0. The number of halogens is 7. The molecule has 0 aliphatic carbocycles. The minimum Gasteiger partial charge on any atom is -0.406 e. The van der Waals surface area contributed by atoms with E-state index in [1.807, 2.05) is 0 Å². The van der Waals surface area contributed by atoms with E-state index in [9.17, 15) is 35.5 Å². The van der Waals surface area contributed by atoms with Crippen LogP contribution in [0.25, 0.3) is 0 Å². The summed E-state index contributed by atoms with van der Waals surface area (Å²) < 4.78 is 96.2. The second-order valence-electron chi connectivity index (χ2n) is 7.59. The van der Waals surface area contributed by atoms with Gasteiger partial charge in [0.05, 0.1) is 11.7 Å². The van der Waals surface area contributed by atoms with E-state index >= 15 is 0 Å². The summed E-state index contributed by atoms with van der Waals surface area (Å²) in [7, 11) is 0. The summed E-state index contributed by atoms with van der Waals surface area (Å²) >= 11 is 0. The first-order valence-electron chi connectivity index (χ1n) is 10.3. The van der Waals surface area contributed by atoms with Crippen LogP contribution in [-0.2, 0) is 4.79 Å². The Morgan fingerprint density at radius 1 is 0.806 bits per heavy atom. The van der Waals surface area contributed by atoms with Gasteiger partial charge in [0.15, 0.2) is 0 Å². The van der Waals surface area contributed by atoms with Gasteiger partial charge in [0.2, 0.25) is 0 Å². The third kappa shape index (κ3) is 6.12. The smallest absolute Gasteiger partial charge is 0.406 e. The van der Waals surface area contributed by atoms with Crippen molar-refractivity contribution >= 4 is 23.0 Å². The van der Waals surface area contributed by atoms with Crippen LogP contribution in [0.1, 0.15) is 18.0 Å². The van der Waals surface area contributed by atoms with Crippen LogP contribution < -0.4 is 14.4 Å². The highest BCUT2D eigenvalue weighted by atomic mass is 19.4. The Bertz CT molecular complexity index is 1270. The van der Waals surface area contributed by atoms with Crippen LogP contribution in [0.15, 0.2) is 77.8 Å². The third-order valence-corrected chi connectivity index (χ3v) is 5.08. The molecule has 0 saturated carbocycles. The van der Waals surface area contributed by atoms with E-state index in [-0.39, 0.29) is 23.5 Å². The zero-order valence-corrected chi connectivity index (χ0v) is 18.0. The molecule has 0 N–H and O–H groups in total. The molecule has 5 nitrogen and oxygen atoms in total. The van der Waals surface area contributed by atoms with Crippen molar-refractivity contribution in [1.82, 2.24) is 0 Å². The van der Waals surface area contributed by atoms with Gasteiger partial charge in [-0.05, 0) is 66.2 Å². The molecule has 0 aromatic heterocycles. The standard InChI is InChI=1S/C24H15F7N2O3/c25-15-3-1-2-14(12-15)21-13-20(32-16-4-8-18(9-5-16)35-23(26,27)28)22(34)33(21)17-6-10-19(11-7-17)36-24(29,30)31/h1-12,21H,13H2. The average Bonchev–Trinajstić information content (AvgIpc) is 3.10. The Kier molecular flexibility index (Phi) is 6.61. The van der Waals surface area contributed by atoms with Gasteiger partial charge >= 0.3 is 12.7 Å². The molecule has 0 radical (unpaired) electrons. The SMILES string of the molecule is O=C1C(=Nc2ccc(OC(F)(F)F)cc2)CC(c2cccc(F)c2)N1c1ccc(OC(F)(F)F)cc1. The van der Waals surface area contributed by atoms with Gasteiger partial charge in [-0.15, -0.1) is 26.3 Å². The zero-order valence-electron chi connectivity index (χ0n) is 18.0. The molecule has 1 heterocycles. The Balaban J connectivity index is 1.66. The van der Waals surface area contributed by atoms with Gasteiger partial charge in [-0.3, -0.25) is 9.69 Å². The van der Waals surface area contributed by atoms with Crippen LogP contribution >= 0.6 is 0 Å². The number of alkyl halides is 6. The molecule has 1 aliphatic heterocycles. The van der Waals surface area contributed by atoms with Crippen LogP contribution in [-0.4, -0.2) is 24.3 Å². The summed E-state index contributed by atoms with van der Waals surface area (Å²) in [5, 5.41) is 0. The Hall–Kier alpha value is -4.09. The van der Waals surface area contributed by atoms with E-state index in [1.54, 1.807) is 6.07 Å². The van der Waals surface area contributed by atoms with E-state index in [4.69, 9.17) is 0 Å². The molecule has 1 amide bonds. The predicted octanol–water partition coefficient (Wildman–Crippen LogP) is 6.87. The lowest BCUT2D eigenvalue weighted by molar-refractivity contribution is -0.275. The summed E-state index contributed by atoms with van der Waals surface area (Å²) in [6, 6.07) is 13.8. The fraction of sp³-hybridized carbons (Fsp3) is 0.167. The molecule has 0 bridgehead atoms. The summed E-state index contributed by atoms with van der Waals surface area (Å²) in [5.41, 5.74) is 0.812. The Morgan fingerprint density at radius 3 is 1.89 bits per heavy atom. The average molecular weight is 512 g/mol. The number of nitrogens with zero attached hydrogens (tertiary/aromatic N) is 2. The first-order chi connectivity index (χ1) is 16.9. The highest BCUT2D eigenvalue weighted by Crippen LogP contribution is 2.38. The molecule has 3 aromatic carbocycles. The monoisotopic (exact) mass is 512 g/mol. The van der Waals surface area contributed by atoms with Gasteiger partial charge in [0.25, 0.3) is 5.91 Å². The minimum absolute atomic E-state index is 0.00386. The molecule has 188 valence electrons. The van der Waals surface area contributed by atoms with Crippen molar-refractivity contribution in [3.8, 4) is 11.5 Å². The van der Waals surface area contributed by atoms with Crippen LogP contribution in [0.2, 0.25) is 0 Å². The van der Waals surface area contributed by atoms with E-state index in [1.165, 1.54) is 47.4 Å². The number of amides is 1. The number of hydrogen-bond acceptors (Lipinski definition) is 4. The number of ether oxygens (including phenoxy) is 2. The van der Waals surface area contributed by atoms with E-state index in [0.29, 0.717) is 5.56 Å². The summed E-state index contributed by atoms with van der Waals surface area (Å²) in [5.74, 6) is -2.12. The number of carbonyl (C=O) groups is 1. The first kappa shape index (κ1) is 25.0. The molecule has 1 aliphatic rings. The van der Waals surface area contributed by atoms with Gasteiger partial charge in [-0.1, -0.05) is 12.1 Å². The van der Waals surface area contributed by atoms with Crippen LogP contribution in [0.5, 0.6) is 11.5 Å². The van der Waals surface area contributed by atoms with Gasteiger partial charge in [-0.2, -0.15) is 0 Å². The largest absolute Gasteiger partial charge is 0.573 e. The molecule has 3 aromatic rings. The van der Waals surface area contributed by atoms with Gasteiger partial charge in [0, 0.05) is 12.1 Å². The van der Waals surface area contributed by atoms with Crippen molar-refractivity contribution in [3.05, 3.63) is 84.2 Å². The number of aliphatic imine (C=N–C) groups is 1. The quantitative estimate of drug-likeness (QED) is 0.351. The lowest BCUT2D eigenvalue weighted by atomic mass is 10.0. The molecule has 1 atom stereocenters.